The number of ether oxygens (including phenoxy) is 1. The molecule has 0 fully saturated rings. The number of carbonyl (C=O) groups excluding carboxylic acids is 2. The summed E-state index contributed by atoms with van der Waals surface area (Å²) in [5.74, 6) is 0.425. The van der Waals surface area contributed by atoms with Crippen LogP contribution in [0, 0.1) is 0 Å². The van der Waals surface area contributed by atoms with Crippen molar-refractivity contribution in [2.24, 2.45) is 0 Å². The molecule has 7 nitrogen and oxygen atoms in total. The van der Waals surface area contributed by atoms with Crippen LogP contribution in [0.25, 0.3) is 11.4 Å². The molecule has 144 valence electrons. The SMILES string of the molecule is CCn1c(SCC(=O)Nc2ccccc2)nnc1-c1ccc(C(=O)OC)cc1. The van der Waals surface area contributed by atoms with E-state index < -0.39 is 0 Å². The van der Waals surface area contributed by atoms with Crippen molar-refractivity contribution in [2.75, 3.05) is 18.2 Å². The minimum atomic E-state index is -0.385. The molecule has 1 aromatic heterocycles. The zero-order valence-electron chi connectivity index (χ0n) is 15.6. The quantitative estimate of drug-likeness (QED) is 0.486. The van der Waals surface area contributed by atoms with Gasteiger partial charge in [0, 0.05) is 17.8 Å². The molecular formula is C20H20N4O3S. The lowest BCUT2D eigenvalue weighted by molar-refractivity contribution is -0.113. The summed E-state index contributed by atoms with van der Waals surface area (Å²) >= 11 is 1.33. The standard InChI is InChI=1S/C20H20N4O3S/c1-3-24-18(14-9-11-15(12-10-14)19(26)27-2)22-23-20(24)28-13-17(25)21-16-7-5-4-6-8-16/h4-12H,3,13H2,1-2H3,(H,21,25). The third kappa shape index (κ3) is 4.58. The number of aromatic nitrogens is 3. The number of esters is 1. The predicted molar refractivity (Wildman–Crippen MR) is 108 cm³/mol. The van der Waals surface area contributed by atoms with Crippen LogP contribution >= 0.6 is 11.8 Å². The Morgan fingerprint density at radius 2 is 1.79 bits per heavy atom. The molecule has 0 aliphatic carbocycles. The lowest BCUT2D eigenvalue weighted by Crippen LogP contribution is -2.14. The lowest BCUT2D eigenvalue weighted by atomic mass is 10.1. The van der Waals surface area contributed by atoms with Crippen LogP contribution in [-0.2, 0) is 16.1 Å². The van der Waals surface area contributed by atoms with Gasteiger partial charge in [-0.05, 0) is 31.2 Å². The van der Waals surface area contributed by atoms with Crippen LogP contribution in [0.4, 0.5) is 5.69 Å². The van der Waals surface area contributed by atoms with Crippen molar-refractivity contribution < 1.29 is 14.3 Å². The van der Waals surface area contributed by atoms with E-state index in [1.165, 1.54) is 18.9 Å². The van der Waals surface area contributed by atoms with E-state index in [-0.39, 0.29) is 17.6 Å². The maximum absolute atomic E-state index is 12.2. The van der Waals surface area contributed by atoms with Gasteiger partial charge in [0.05, 0.1) is 18.4 Å². The Labute approximate surface area is 167 Å². The number of para-hydroxylation sites is 1. The molecule has 0 radical (unpaired) electrons. The van der Waals surface area contributed by atoms with Gasteiger partial charge in [-0.3, -0.25) is 4.79 Å². The first-order chi connectivity index (χ1) is 13.6. The Balaban J connectivity index is 1.69. The fourth-order valence-corrected chi connectivity index (χ4v) is 3.42. The highest BCUT2D eigenvalue weighted by Crippen LogP contribution is 2.24. The van der Waals surface area contributed by atoms with Crippen molar-refractivity contribution in [3.8, 4) is 11.4 Å². The largest absolute Gasteiger partial charge is 0.465 e. The van der Waals surface area contributed by atoms with Crippen molar-refractivity contribution in [1.29, 1.82) is 0 Å². The molecule has 0 bridgehead atoms. The molecule has 8 heteroatoms. The van der Waals surface area contributed by atoms with Crippen LogP contribution in [0.3, 0.4) is 0 Å². The molecule has 0 spiro atoms. The highest BCUT2D eigenvalue weighted by atomic mass is 32.2. The van der Waals surface area contributed by atoms with Crippen molar-refractivity contribution in [3.63, 3.8) is 0 Å². The van der Waals surface area contributed by atoms with E-state index >= 15 is 0 Å². The van der Waals surface area contributed by atoms with Gasteiger partial charge >= 0.3 is 5.97 Å². The van der Waals surface area contributed by atoms with Crippen molar-refractivity contribution in [3.05, 3.63) is 60.2 Å². The Kier molecular flexibility index (Phi) is 6.44. The van der Waals surface area contributed by atoms with Crippen molar-refractivity contribution >= 4 is 29.3 Å². The van der Waals surface area contributed by atoms with E-state index in [4.69, 9.17) is 4.74 Å². The minimum Gasteiger partial charge on any atom is -0.465 e. The molecule has 0 aliphatic heterocycles. The van der Waals surface area contributed by atoms with Gasteiger partial charge in [0.2, 0.25) is 5.91 Å². The molecule has 0 aliphatic rings. The van der Waals surface area contributed by atoms with Crippen LogP contribution in [0.2, 0.25) is 0 Å². The van der Waals surface area contributed by atoms with Crippen molar-refractivity contribution in [2.45, 2.75) is 18.6 Å². The molecule has 1 heterocycles. The summed E-state index contributed by atoms with van der Waals surface area (Å²) in [6.45, 7) is 2.65. The number of benzene rings is 2. The fraction of sp³-hybridized carbons (Fsp3) is 0.200. The van der Waals surface area contributed by atoms with E-state index in [1.54, 1.807) is 24.3 Å². The average molecular weight is 396 g/mol. The zero-order chi connectivity index (χ0) is 19.9. The van der Waals surface area contributed by atoms with E-state index in [0.717, 1.165) is 11.3 Å². The van der Waals surface area contributed by atoms with Gasteiger partial charge in [-0.25, -0.2) is 4.79 Å². The molecule has 28 heavy (non-hydrogen) atoms. The molecule has 3 rings (SSSR count). The number of amides is 1. The number of hydrogen-bond acceptors (Lipinski definition) is 6. The number of anilines is 1. The van der Waals surface area contributed by atoms with E-state index in [1.807, 2.05) is 41.8 Å². The maximum Gasteiger partial charge on any atom is 0.337 e. The molecule has 3 aromatic rings. The molecular weight excluding hydrogens is 376 g/mol. The number of nitrogens with one attached hydrogen (secondary N) is 1. The van der Waals surface area contributed by atoms with Gasteiger partial charge in [-0.15, -0.1) is 10.2 Å². The summed E-state index contributed by atoms with van der Waals surface area (Å²) in [5, 5.41) is 12.0. The summed E-state index contributed by atoms with van der Waals surface area (Å²) in [4.78, 5) is 23.7. The summed E-state index contributed by atoms with van der Waals surface area (Å²) in [6.07, 6.45) is 0. The summed E-state index contributed by atoms with van der Waals surface area (Å²) in [7, 11) is 1.35. The highest BCUT2D eigenvalue weighted by Gasteiger charge is 2.15. The molecule has 0 saturated heterocycles. The smallest absolute Gasteiger partial charge is 0.337 e. The number of hydrogen-bond donors (Lipinski definition) is 1. The van der Waals surface area contributed by atoms with Crippen molar-refractivity contribution in [1.82, 2.24) is 14.8 Å². The lowest BCUT2D eigenvalue weighted by Gasteiger charge is -2.08. The predicted octanol–water partition coefficient (Wildman–Crippen LogP) is 3.48. The Morgan fingerprint density at radius 3 is 2.43 bits per heavy atom. The summed E-state index contributed by atoms with van der Waals surface area (Å²) < 4.78 is 6.65. The average Bonchev–Trinajstić information content (AvgIpc) is 3.15. The van der Waals surface area contributed by atoms with Crippen LogP contribution in [-0.4, -0.2) is 39.5 Å². The van der Waals surface area contributed by atoms with Gasteiger partial charge in [0.15, 0.2) is 11.0 Å². The molecule has 0 atom stereocenters. The van der Waals surface area contributed by atoms with Gasteiger partial charge in [0.1, 0.15) is 0 Å². The second-order valence-corrected chi connectivity index (χ2v) is 6.76. The Morgan fingerprint density at radius 1 is 1.07 bits per heavy atom. The van der Waals surface area contributed by atoms with Gasteiger partial charge in [0.25, 0.3) is 0 Å². The normalized spacial score (nSPS) is 10.5. The van der Waals surface area contributed by atoms with Gasteiger partial charge in [-0.2, -0.15) is 0 Å². The molecule has 2 aromatic carbocycles. The second kappa shape index (κ2) is 9.18. The Hall–Kier alpha value is -3.13. The van der Waals surface area contributed by atoms with Crippen LogP contribution < -0.4 is 5.32 Å². The third-order valence-corrected chi connectivity index (χ3v) is 4.95. The van der Waals surface area contributed by atoms with E-state index in [0.29, 0.717) is 23.1 Å². The zero-order valence-corrected chi connectivity index (χ0v) is 16.4. The van der Waals surface area contributed by atoms with Crippen LogP contribution in [0.1, 0.15) is 17.3 Å². The molecule has 1 N–H and O–H groups in total. The second-order valence-electron chi connectivity index (χ2n) is 5.82. The number of methoxy groups -OCH3 is 1. The number of rotatable bonds is 7. The monoisotopic (exact) mass is 396 g/mol. The van der Waals surface area contributed by atoms with Gasteiger partial charge in [-0.1, -0.05) is 42.1 Å². The van der Waals surface area contributed by atoms with Gasteiger partial charge < -0.3 is 14.6 Å². The first kappa shape index (κ1) is 19.6. The van der Waals surface area contributed by atoms with Crippen LogP contribution in [0.5, 0.6) is 0 Å². The Bertz CT molecular complexity index is 955. The molecule has 1 amide bonds. The number of thioether (sulfide) groups is 1. The van der Waals surface area contributed by atoms with E-state index in [2.05, 4.69) is 15.5 Å². The first-order valence-electron chi connectivity index (χ1n) is 8.72. The summed E-state index contributed by atoms with van der Waals surface area (Å²) in [5.41, 5.74) is 2.07. The first-order valence-corrected chi connectivity index (χ1v) is 9.70. The van der Waals surface area contributed by atoms with Crippen LogP contribution in [0.15, 0.2) is 59.8 Å². The molecule has 0 unspecified atom stereocenters. The topological polar surface area (TPSA) is 86.1 Å². The fourth-order valence-electron chi connectivity index (χ4n) is 2.62. The minimum absolute atomic E-state index is 0.106. The number of nitrogens with zero attached hydrogens (tertiary/aromatic N) is 3. The number of carbonyl (C=O) groups is 2. The highest BCUT2D eigenvalue weighted by molar-refractivity contribution is 7.99. The maximum atomic E-state index is 12.2. The molecule has 0 saturated carbocycles. The van der Waals surface area contributed by atoms with E-state index in [9.17, 15) is 9.59 Å². The third-order valence-electron chi connectivity index (χ3n) is 3.99. The summed E-state index contributed by atoms with van der Waals surface area (Å²) in [6, 6.07) is 16.3.